The molecule has 2 aromatic heterocycles. The number of rotatable bonds is 4. The van der Waals surface area contributed by atoms with Crippen LogP contribution in [0.3, 0.4) is 0 Å². The normalized spacial score (nSPS) is 11.3. The number of imidazole rings is 1. The molecule has 23 heavy (non-hydrogen) atoms. The third kappa shape index (κ3) is 3.46. The van der Waals surface area contributed by atoms with Crippen molar-refractivity contribution < 1.29 is 8.42 Å². The Morgan fingerprint density at radius 2 is 2.17 bits per heavy atom. The van der Waals surface area contributed by atoms with Crippen molar-refractivity contribution in [2.45, 2.75) is 5.75 Å². The number of fused-ring (bicyclic) bond motifs is 1. The monoisotopic (exact) mass is 327 g/mol. The second-order valence-corrected chi connectivity index (χ2v) is 7.18. The van der Waals surface area contributed by atoms with Crippen molar-refractivity contribution in [1.82, 2.24) is 19.9 Å². The summed E-state index contributed by atoms with van der Waals surface area (Å²) >= 11 is 0. The molecule has 3 rings (SSSR count). The lowest BCUT2D eigenvalue weighted by atomic mass is 10.2. The molecule has 0 radical (unpaired) electrons. The Bertz CT molecular complexity index is 1020. The zero-order valence-corrected chi connectivity index (χ0v) is 13.1. The van der Waals surface area contributed by atoms with Gasteiger partial charge in [0.1, 0.15) is 11.2 Å². The van der Waals surface area contributed by atoms with Gasteiger partial charge in [0.15, 0.2) is 15.5 Å². The first kappa shape index (κ1) is 15.0. The molecule has 0 amide bonds. The summed E-state index contributed by atoms with van der Waals surface area (Å²) in [5.41, 5.74) is 2.81. The third-order valence-electron chi connectivity index (χ3n) is 3.03. The lowest BCUT2D eigenvalue weighted by Crippen LogP contribution is -2.03. The molecule has 0 unspecified atom stereocenters. The van der Waals surface area contributed by atoms with E-state index in [1.165, 1.54) is 12.6 Å². The molecule has 116 valence electrons. The number of aromatic amines is 1. The van der Waals surface area contributed by atoms with Gasteiger partial charge in [-0.3, -0.25) is 0 Å². The summed E-state index contributed by atoms with van der Waals surface area (Å²) in [6, 6.07) is 7.03. The van der Waals surface area contributed by atoms with Gasteiger partial charge in [-0.2, -0.15) is 4.98 Å². The van der Waals surface area contributed by atoms with Crippen LogP contribution >= 0.6 is 0 Å². The number of nitrogens with one attached hydrogen (secondary N) is 2. The van der Waals surface area contributed by atoms with Crippen molar-refractivity contribution in [1.29, 1.82) is 0 Å². The third-order valence-corrected chi connectivity index (χ3v) is 3.89. The topological polar surface area (TPSA) is 101 Å². The predicted molar refractivity (Wildman–Crippen MR) is 87.9 cm³/mol. The van der Waals surface area contributed by atoms with Crippen molar-refractivity contribution in [3.05, 3.63) is 41.9 Å². The minimum absolute atomic E-state index is 0.0304. The Labute approximate surface area is 133 Å². The van der Waals surface area contributed by atoms with Gasteiger partial charge in [0.25, 0.3) is 0 Å². The van der Waals surface area contributed by atoms with Crippen LogP contribution in [0.15, 0.2) is 30.6 Å². The average Bonchev–Trinajstić information content (AvgIpc) is 2.93. The minimum atomic E-state index is -3.10. The Morgan fingerprint density at radius 1 is 1.35 bits per heavy atom. The molecule has 0 aliphatic carbocycles. The van der Waals surface area contributed by atoms with Crippen LogP contribution in [0, 0.1) is 12.3 Å². The van der Waals surface area contributed by atoms with Crippen molar-refractivity contribution in [2.75, 3.05) is 11.6 Å². The molecule has 0 aliphatic rings. The van der Waals surface area contributed by atoms with E-state index in [1.54, 1.807) is 24.3 Å². The van der Waals surface area contributed by atoms with E-state index in [0.717, 1.165) is 0 Å². The minimum Gasteiger partial charge on any atom is -0.341 e. The molecule has 0 bridgehead atoms. The van der Waals surface area contributed by atoms with Crippen LogP contribution in [0.5, 0.6) is 0 Å². The second kappa shape index (κ2) is 5.70. The van der Waals surface area contributed by atoms with Crippen LogP contribution in [-0.4, -0.2) is 34.6 Å². The first-order valence-electron chi connectivity index (χ1n) is 6.66. The van der Waals surface area contributed by atoms with Crippen molar-refractivity contribution in [3.63, 3.8) is 0 Å². The van der Waals surface area contributed by atoms with E-state index in [0.29, 0.717) is 34.1 Å². The summed E-state index contributed by atoms with van der Waals surface area (Å²) in [5, 5.41) is 3.02. The van der Waals surface area contributed by atoms with Crippen LogP contribution in [0.4, 0.5) is 11.6 Å². The van der Waals surface area contributed by atoms with E-state index in [2.05, 4.69) is 31.2 Å². The van der Waals surface area contributed by atoms with Crippen LogP contribution in [0.25, 0.3) is 11.2 Å². The van der Waals surface area contributed by atoms with E-state index in [1.807, 2.05) is 0 Å². The number of sulfone groups is 1. The zero-order chi connectivity index (χ0) is 16.4. The quantitative estimate of drug-likeness (QED) is 0.706. The van der Waals surface area contributed by atoms with Gasteiger partial charge >= 0.3 is 0 Å². The smallest absolute Gasteiger partial charge is 0.230 e. The van der Waals surface area contributed by atoms with Gasteiger partial charge in [0.05, 0.1) is 12.1 Å². The van der Waals surface area contributed by atoms with Crippen LogP contribution in [-0.2, 0) is 15.6 Å². The van der Waals surface area contributed by atoms with Gasteiger partial charge in [-0.15, -0.1) is 6.42 Å². The van der Waals surface area contributed by atoms with Gasteiger partial charge < -0.3 is 10.3 Å². The van der Waals surface area contributed by atoms with Crippen molar-refractivity contribution in [3.8, 4) is 12.3 Å². The van der Waals surface area contributed by atoms with E-state index in [4.69, 9.17) is 6.42 Å². The van der Waals surface area contributed by atoms with E-state index < -0.39 is 9.84 Å². The Hall–Kier alpha value is -2.92. The van der Waals surface area contributed by atoms with E-state index in [-0.39, 0.29) is 5.75 Å². The van der Waals surface area contributed by atoms with Gasteiger partial charge in [0.2, 0.25) is 5.95 Å². The zero-order valence-electron chi connectivity index (χ0n) is 12.2. The molecule has 0 aliphatic heterocycles. The Morgan fingerprint density at radius 3 is 2.91 bits per heavy atom. The maximum Gasteiger partial charge on any atom is 0.230 e. The summed E-state index contributed by atoms with van der Waals surface area (Å²) in [6.07, 6.45) is 8.14. The summed E-state index contributed by atoms with van der Waals surface area (Å²) in [7, 11) is -3.10. The standard InChI is InChI=1S/C15H13N5O2S/c1-3-12-13-14(17-9-16-13)20-15(19-12)18-11-6-4-5-10(7-11)8-23(2,21)22/h1,4-7,9H,8H2,2H3,(H2,16,17,18,19,20). The molecule has 1 aromatic carbocycles. The Kier molecular flexibility index (Phi) is 3.72. The van der Waals surface area contributed by atoms with Crippen LogP contribution in [0.2, 0.25) is 0 Å². The fourth-order valence-electron chi connectivity index (χ4n) is 2.16. The molecule has 0 fully saturated rings. The number of terminal acetylenes is 1. The maximum atomic E-state index is 11.4. The molecule has 0 spiro atoms. The highest BCUT2D eigenvalue weighted by molar-refractivity contribution is 7.89. The second-order valence-electron chi connectivity index (χ2n) is 5.04. The summed E-state index contributed by atoms with van der Waals surface area (Å²) in [5.74, 6) is 2.75. The number of aromatic nitrogens is 4. The van der Waals surface area contributed by atoms with Crippen molar-refractivity contribution in [2.24, 2.45) is 0 Å². The highest BCUT2D eigenvalue weighted by Gasteiger charge is 2.09. The molecule has 7 nitrogen and oxygen atoms in total. The number of hydrogen-bond acceptors (Lipinski definition) is 6. The van der Waals surface area contributed by atoms with Crippen molar-refractivity contribution >= 4 is 32.6 Å². The SMILES string of the molecule is C#Cc1nc(Nc2cccc(CS(C)(=O)=O)c2)nc2nc[nH]c12. The molecule has 2 heterocycles. The predicted octanol–water partition coefficient (Wildman–Crippen LogP) is 1.62. The first-order valence-corrected chi connectivity index (χ1v) is 8.72. The number of benzene rings is 1. The average molecular weight is 327 g/mol. The largest absolute Gasteiger partial charge is 0.341 e. The molecule has 3 aromatic rings. The van der Waals surface area contributed by atoms with E-state index >= 15 is 0 Å². The van der Waals surface area contributed by atoms with Gasteiger partial charge in [-0.05, 0) is 23.6 Å². The molecule has 0 saturated carbocycles. The molecular weight excluding hydrogens is 314 g/mol. The van der Waals surface area contributed by atoms with E-state index in [9.17, 15) is 8.42 Å². The van der Waals surface area contributed by atoms with Gasteiger partial charge in [0, 0.05) is 11.9 Å². The molecule has 2 N–H and O–H groups in total. The Balaban J connectivity index is 1.93. The lowest BCUT2D eigenvalue weighted by molar-refractivity contribution is 0.601. The lowest BCUT2D eigenvalue weighted by Gasteiger charge is -2.07. The highest BCUT2D eigenvalue weighted by Crippen LogP contribution is 2.19. The molecular formula is C15H13N5O2S. The summed E-state index contributed by atoms with van der Waals surface area (Å²) < 4.78 is 22.8. The first-order chi connectivity index (χ1) is 10.9. The highest BCUT2D eigenvalue weighted by atomic mass is 32.2. The van der Waals surface area contributed by atoms with Crippen LogP contribution in [0.1, 0.15) is 11.3 Å². The fraction of sp³-hybridized carbons (Fsp3) is 0.133. The number of anilines is 2. The number of H-pyrrole nitrogens is 1. The summed E-state index contributed by atoms with van der Waals surface area (Å²) in [4.78, 5) is 15.5. The fourth-order valence-corrected chi connectivity index (χ4v) is 2.95. The molecule has 8 heteroatoms. The maximum absolute atomic E-state index is 11.4. The van der Waals surface area contributed by atoms with Crippen LogP contribution < -0.4 is 5.32 Å². The number of nitrogens with zero attached hydrogens (tertiary/aromatic N) is 3. The summed E-state index contributed by atoms with van der Waals surface area (Å²) in [6.45, 7) is 0. The molecule has 0 atom stereocenters. The van der Waals surface area contributed by atoms with Gasteiger partial charge in [-0.1, -0.05) is 12.1 Å². The van der Waals surface area contributed by atoms with Gasteiger partial charge in [-0.25, -0.2) is 18.4 Å². The number of hydrogen-bond donors (Lipinski definition) is 2. The molecule has 0 saturated heterocycles.